The van der Waals surface area contributed by atoms with E-state index < -0.39 is 11.1 Å². The summed E-state index contributed by atoms with van der Waals surface area (Å²) in [5, 5.41) is 27.4. The molecule has 0 atom stereocenters. The average Bonchev–Trinajstić information content (AvgIpc) is 1.46. The third kappa shape index (κ3) is 8.59. The number of anilines is 4. The number of ether oxygens (including phenoxy) is 2. The van der Waals surface area contributed by atoms with E-state index in [0.717, 1.165) is 78.4 Å². The second kappa shape index (κ2) is 22.1. The lowest BCUT2D eigenvalue weighted by Gasteiger charge is -2.42. The summed E-state index contributed by atoms with van der Waals surface area (Å²) in [5.41, 5.74) is 14.5. The first-order valence-electron chi connectivity index (χ1n) is 30.8. The maximum atomic E-state index is 15.1. The maximum absolute atomic E-state index is 15.1. The number of amides is 2. The molecule has 90 heavy (non-hydrogen) atoms. The molecule has 2 amide bonds. The van der Waals surface area contributed by atoms with Crippen LogP contribution in [0.2, 0.25) is 0 Å². The fourth-order valence-electron chi connectivity index (χ4n) is 14.0. The van der Waals surface area contributed by atoms with Crippen molar-refractivity contribution < 1.29 is 28.7 Å². The first-order valence-corrected chi connectivity index (χ1v) is 30.8. The molecule has 14 heteroatoms. The molecular formula is C76H66N8O6. The number of hydrogen-bond acceptors (Lipinski definition) is 12. The summed E-state index contributed by atoms with van der Waals surface area (Å²) >= 11 is 0. The Morgan fingerprint density at radius 2 is 0.667 bits per heavy atom. The number of ketones is 2. The molecule has 0 saturated carbocycles. The van der Waals surface area contributed by atoms with Gasteiger partial charge in [0.15, 0.2) is 11.6 Å². The van der Waals surface area contributed by atoms with Crippen LogP contribution in [-0.2, 0) is 11.1 Å². The predicted molar refractivity (Wildman–Crippen MR) is 356 cm³/mol. The number of fused-ring (bicyclic) bond motifs is 13. The van der Waals surface area contributed by atoms with E-state index in [2.05, 4.69) is 101 Å². The molecule has 0 fully saturated rings. The average molecular weight is 1190 g/mol. The van der Waals surface area contributed by atoms with Crippen LogP contribution >= 0.6 is 0 Å². The van der Waals surface area contributed by atoms with Crippen molar-refractivity contribution in [3.8, 4) is 23.0 Å². The Balaban J connectivity index is 0.840. The lowest BCUT2D eigenvalue weighted by Crippen LogP contribution is -2.44. The standard InChI is InChI=1S/C76H66N8O6/c1-9-77-61-37-65-57(33-43(61)5)75(58-34-44(6)62(78-10-2)38-66(58)89-65)55-23-17-15-21-53(55)73(87)83(75)81-41-47-25-29-49(30-26-47)69-70(72(86)52-20-14-13-19-51(52)71(69)85)50-31-27-48(28-32-50)42-82-84-74(88)54-22-16-18-24-56(54)76(84)59-35-45(7)63(79-11-3)39-67(59)90-68-40-64(80-12-4)46(8)36-60(68)76/h13-42,77-80H,9-12H2,1-8H3/b81-41+,82-42+. The smallest absolute Gasteiger partial charge is 0.275 e. The van der Waals surface area contributed by atoms with Gasteiger partial charge in [0.25, 0.3) is 11.8 Å². The molecular weight excluding hydrogens is 1120 g/mol. The van der Waals surface area contributed by atoms with Crippen LogP contribution in [0.4, 0.5) is 22.7 Å². The summed E-state index contributed by atoms with van der Waals surface area (Å²) in [4.78, 5) is 60.0. The number of hydrogen-bond donors (Lipinski definition) is 4. The van der Waals surface area contributed by atoms with E-state index in [1.54, 1.807) is 46.7 Å². The van der Waals surface area contributed by atoms with Gasteiger partial charge >= 0.3 is 0 Å². The molecule has 9 aromatic rings. The highest BCUT2D eigenvalue weighted by Gasteiger charge is 2.59. The maximum Gasteiger partial charge on any atom is 0.275 e. The summed E-state index contributed by atoms with van der Waals surface area (Å²) in [6.45, 7) is 19.3. The topological polar surface area (TPSA) is 166 Å². The summed E-state index contributed by atoms with van der Waals surface area (Å²) in [5.74, 6) is 1.32. The minimum absolute atomic E-state index is 0.252. The van der Waals surface area contributed by atoms with Crippen LogP contribution in [0.1, 0.15) is 147 Å². The van der Waals surface area contributed by atoms with Crippen molar-refractivity contribution in [2.75, 3.05) is 47.4 Å². The summed E-state index contributed by atoms with van der Waals surface area (Å²) in [7, 11) is 0. The molecule has 4 N–H and O–H groups in total. The second-order valence-electron chi connectivity index (χ2n) is 23.4. The zero-order chi connectivity index (χ0) is 62.3. The highest BCUT2D eigenvalue weighted by atomic mass is 16.5. The van der Waals surface area contributed by atoms with Crippen LogP contribution in [-0.4, -0.2) is 72.0 Å². The number of nitrogens with one attached hydrogen (secondary N) is 4. The van der Waals surface area contributed by atoms with Gasteiger partial charge in [0.2, 0.25) is 0 Å². The highest BCUT2D eigenvalue weighted by Crippen LogP contribution is 2.61. The fraction of sp³-hybridized carbons (Fsp3) is 0.184. The van der Waals surface area contributed by atoms with Crippen molar-refractivity contribution in [2.45, 2.75) is 66.5 Å². The van der Waals surface area contributed by atoms with Crippen molar-refractivity contribution in [3.63, 3.8) is 0 Å². The molecule has 5 aliphatic rings. The molecule has 4 heterocycles. The zero-order valence-corrected chi connectivity index (χ0v) is 51.4. The molecule has 4 aliphatic heterocycles. The number of carbonyl (C=O) groups excluding carboxylic acids is 4. The van der Waals surface area contributed by atoms with E-state index in [9.17, 15) is 9.59 Å². The molecule has 0 unspecified atom stereocenters. The van der Waals surface area contributed by atoms with Gasteiger partial charge in [-0.25, -0.2) is 10.0 Å². The van der Waals surface area contributed by atoms with Crippen LogP contribution in [0, 0.1) is 27.7 Å². The van der Waals surface area contributed by atoms with Gasteiger partial charge in [0.1, 0.15) is 34.1 Å². The van der Waals surface area contributed by atoms with E-state index in [4.69, 9.17) is 19.7 Å². The van der Waals surface area contributed by atoms with Gasteiger partial charge in [-0.2, -0.15) is 10.2 Å². The van der Waals surface area contributed by atoms with Crippen molar-refractivity contribution in [1.82, 2.24) is 10.0 Å². The Kier molecular flexibility index (Phi) is 14.0. The molecule has 0 bridgehead atoms. The van der Waals surface area contributed by atoms with E-state index in [1.165, 1.54) is 0 Å². The SMILES string of the molecule is CCNc1cc2c(cc1C)C1(c3cc(C)c(NCC)cc3O2)c2ccccc2C(=O)N1/N=C/c1ccc(C2=C(c3ccc(/C=N/N4C(=O)c5ccccc5C45c4cc(C)c(NCC)cc4Oc4cc(NCC)c(C)cc45)cc3)C(=O)c3ccccc3C2=O)cc1. The Bertz CT molecular complexity index is 4220. The monoisotopic (exact) mass is 1190 g/mol. The molecule has 0 aromatic heterocycles. The third-order valence-corrected chi connectivity index (χ3v) is 18.1. The van der Waals surface area contributed by atoms with Crippen molar-refractivity contribution >= 4 is 69.7 Å². The largest absolute Gasteiger partial charge is 0.456 e. The number of carbonyl (C=O) groups is 4. The minimum Gasteiger partial charge on any atom is -0.456 e. The molecule has 2 spiro atoms. The first-order chi connectivity index (χ1) is 43.7. The van der Waals surface area contributed by atoms with Crippen molar-refractivity contribution in [3.05, 3.63) is 270 Å². The molecule has 0 radical (unpaired) electrons. The van der Waals surface area contributed by atoms with Crippen LogP contribution < -0.4 is 30.7 Å². The quantitative estimate of drug-likeness (QED) is 0.0770. The molecule has 0 saturated heterocycles. The molecule has 14 nitrogen and oxygen atoms in total. The first kappa shape index (κ1) is 56.9. The molecule has 9 aromatic carbocycles. The highest BCUT2D eigenvalue weighted by molar-refractivity contribution is 6.52. The summed E-state index contributed by atoms with van der Waals surface area (Å²) in [6, 6.07) is 53.4. The van der Waals surface area contributed by atoms with Crippen LogP contribution in [0.5, 0.6) is 23.0 Å². The normalized spacial score (nSPS) is 15.3. The summed E-state index contributed by atoms with van der Waals surface area (Å²) in [6.07, 6.45) is 3.34. The number of benzene rings is 9. The van der Waals surface area contributed by atoms with Gasteiger partial charge in [-0.15, -0.1) is 0 Å². The van der Waals surface area contributed by atoms with E-state index >= 15 is 9.59 Å². The van der Waals surface area contributed by atoms with Gasteiger partial charge in [-0.1, -0.05) is 109 Å². The number of nitrogens with zero attached hydrogens (tertiary/aromatic N) is 4. The van der Waals surface area contributed by atoms with Gasteiger partial charge < -0.3 is 30.7 Å². The Morgan fingerprint density at radius 3 is 0.967 bits per heavy atom. The number of allylic oxidation sites excluding steroid dienone is 2. The zero-order valence-electron chi connectivity index (χ0n) is 51.4. The number of aryl methyl sites for hydroxylation is 4. The lowest BCUT2D eigenvalue weighted by molar-refractivity contribution is 0.0667. The molecule has 14 rings (SSSR count). The van der Waals surface area contributed by atoms with Crippen LogP contribution in [0.3, 0.4) is 0 Å². The molecule has 1 aliphatic carbocycles. The van der Waals surface area contributed by atoms with E-state index in [1.807, 2.05) is 121 Å². The van der Waals surface area contributed by atoms with Crippen molar-refractivity contribution in [1.29, 1.82) is 0 Å². The Labute approximate surface area is 523 Å². The van der Waals surface area contributed by atoms with Gasteiger partial charge in [-0.3, -0.25) is 19.2 Å². The fourth-order valence-corrected chi connectivity index (χ4v) is 14.0. The van der Waals surface area contributed by atoms with Crippen LogP contribution in [0.25, 0.3) is 11.1 Å². The number of Topliss-reactive ketones (excluding diaryl/α,β-unsaturated/α-hetero) is 2. The second-order valence-corrected chi connectivity index (χ2v) is 23.4. The van der Waals surface area contributed by atoms with Crippen LogP contribution in [0.15, 0.2) is 180 Å². The number of rotatable bonds is 14. The predicted octanol–water partition coefficient (Wildman–Crippen LogP) is 15.4. The van der Waals surface area contributed by atoms with Crippen molar-refractivity contribution in [2.24, 2.45) is 10.2 Å². The van der Waals surface area contributed by atoms with E-state index in [0.29, 0.717) is 93.7 Å². The minimum atomic E-state index is -1.21. The number of hydrazone groups is 2. The van der Waals surface area contributed by atoms with Gasteiger partial charge in [-0.05, 0) is 136 Å². The Morgan fingerprint density at radius 1 is 0.378 bits per heavy atom. The molecule has 446 valence electrons. The van der Waals surface area contributed by atoms with Gasteiger partial charge in [0, 0.05) is 140 Å². The lowest BCUT2D eigenvalue weighted by atomic mass is 9.74. The summed E-state index contributed by atoms with van der Waals surface area (Å²) < 4.78 is 13.6. The van der Waals surface area contributed by atoms with Gasteiger partial charge in [0.05, 0.1) is 12.4 Å². The third-order valence-electron chi connectivity index (χ3n) is 18.1. The Hall–Kier alpha value is -10.9. The van der Waals surface area contributed by atoms with E-state index in [-0.39, 0.29) is 34.5 Å².